The van der Waals surface area contributed by atoms with Gasteiger partial charge in [-0.2, -0.15) is 13.2 Å². The van der Waals surface area contributed by atoms with Crippen LogP contribution in [0.25, 0.3) is 5.57 Å². The molecule has 0 fully saturated rings. The van der Waals surface area contributed by atoms with Crippen LogP contribution in [0, 0.1) is 6.92 Å². The Bertz CT molecular complexity index is 1260. The van der Waals surface area contributed by atoms with Gasteiger partial charge in [-0.1, -0.05) is 29.8 Å². The number of hydrogen-bond acceptors (Lipinski definition) is 4. The molecule has 0 spiro atoms. The summed E-state index contributed by atoms with van der Waals surface area (Å²) in [6, 6.07) is 18.4. The van der Waals surface area contributed by atoms with Gasteiger partial charge in [0.1, 0.15) is 5.70 Å². The zero-order valence-corrected chi connectivity index (χ0v) is 18.8. The van der Waals surface area contributed by atoms with Crippen molar-refractivity contribution in [1.82, 2.24) is 0 Å². The Kier molecular flexibility index (Phi) is 5.91. The van der Waals surface area contributed by atoms with E-state index < -0.39 is 23.6 Å². The quantitative estimate of drug-likeness (QED) is 0.508. The molecule has 2 amide bonds. The molecule has 0 aliphatic carbocycles. The number of alkyl halides is 3. The monoisotopic (exact) mass is 465 g/mol. The maximum absolute atomic E-state index is 13.4. The molecule has 0 atom stereocenters. The summed E-state index contributed by atoms with van der Waals surface area (Å²) in [5.41, 5.74) is 2.49. The number of halogens is 3. The number of rotatable bonds is 5. The molecule has 1 aliphatic heterocycles. The Hall–Kier alpha value is -4.07. The van der Waals surface area contributed by atoms with Crippen LogP contribution in [-0.2, 0) is 15.8 Å². The lowest BCUT2D eigenvalue weighted by atomic mass is 10.0. The molecule has 4 rings (SSSR count). The third-order valence-corrected chi connectivity index (χ3v) is 5.53. The van der Waals surface area contributed by atoms with Crippen molar-refractivity contribution in [2.45, 2.75) is 13.1 Å². The number of nitrogens with one attached hydrogen (secondary N) is 1. The van der Waals surface area contributed by atoms with Crippen LogP contribution in [0.4, 0.5) is 30.2 Å². The summed E-state index contributed by atoms with van der Waals surface area (Å²) < 4.78 is 38.9. The second kappa shape index (κ2) is 8.70. The number of imide groups is 1. The molecular weight excluding hydrogens is 443 g/mol. The maximum atomic E-state index is 13.4. The van der Waals surface area contributed by atoms with E-state index >= 15 is 0 Å². The summed E-state index contributed by atoms with van der Waals surface area (Å²) in [6.45, 7) is 1.90. The van der Waals surface area contributed by atoms with Gasteiger partial charge in [0.15, 0.2) is 0 Å². The van der Waals surface area contributed by atoms with E-state index in [1.807, 2.05) is 50.2 Å². The van der Waals surface area contributed by atoms with Crippen LogP contribution >= 0.6 is 0 Å². The average molecular weight is 465 g/mol. The molecule has 0 aromatic heterocycles. The molecule has 0 unspecified atom stereocenters. The highest BCUT2D eigenvalue weighted by atomic mass is 19.4. The van der Waals surface area contributed by atoms with E-state index in [1.54, 1.807) is 24.3 Å². The lowest BCUT2D eigenvalue weighted by Gasteiger charge is -2.17. The summed E-state index contributed by atoms with van der Waals surface area (Å²) in [4.78, 5) is 29.6. The number of aryl methyl sites for hydroxylation is 1. The third kappa shape index (κ3) is 4.39. The van der Waals surface area contributed by atoms with Gasteiger partial charge < -0.3 is 10.2 Å². The number of anilines is 3. The van der Waals surface area contributed by atoms with Gasteiger partial charge in [0, 0.05) is 25.5 Å². The number of hydrogen-bond donors (Lipinski definition) is 1. The summed E-state index contributed by atoms with van der Waals surface area (Å²) in [6.07, 6.45) is -4.52. The molecule has 3 aromatic rings. The van der Waals surface area contributed by atoms with E-state index in [-0.39, 0.29) is 17.0 Å². The maximum Gasteiger partial charge on any atom is 0.416 e. The molecule has 34 heavy (non-hydrogen) atoms. The summed E-state index contributed by atoms with van der Waals surface area (Å²) in [5.74, 6) is -1.25. The van der Waals surface area contributed by atoms with Gasteiger partial charge in [-0.25, -0.2) is 4.90 Å². The minimum absolute atomic E-state index is 0.0614. The molecule has 0 radical (unpaired) electrons. The van der Waals surface area contributed by atoms with Crippen LogP contribution in [0.5, 0.6) is 0 Å². The van der Waals surface area contributed by atoms with Crippen molar-refractivity contribution in [2.75, 3.05) is 29.2 Å². The lowest BCUT2D eigenvalue weighted by Crippen LogP contribution is -2.32. The van der Waals surface area contributed by atoms with Gasteiger partial charge in [-0.15, -0.1) is 0 Å². The fourth-order valence-electron chi connectivity index (χ4n) is 3.65. The molecule has 1 aliphatic rings. The van der Waals surface area contributed by atoms with Gasteiger partial charge in [-0.3, -0.25) is 9.59 Å². The van der Waals surface area contributed by atoms with Gasteiger partial charge in [0.2, 0.25) is 0 Å². The van der Waals surface area contributed by atoms with Crippen LogP contribution in [0.3, 0.4) is 0 Å². The van der Waals surface area contributed by atoms with E-state index in [0.717, 1.165) is 40.4 Å². The van der Waals surface area contributed by atoms with E-state index in [0.29, 0.717) is 11.3 Å². The Morgan fingerprint density at radius 3 is 1.91 bits per heavy atom. The van der Waals surface area contributed by atoms with Crippen LogP contribution in [0.2, 0.25) is 0 Å². The van der Waals surface area contributed by atoms with Crippen molar-refractivity contribution in [3.8, 4) is 0 Å². The molecular formula is C26H22F3N3O2. The fourth-order valence-corrected chi connectivity index (χ4v) is 3.65. The normalized spacial score (nSPS) is 14.1. The van der Waals surface area contributed by atoms with Crippen molar-refractivity contribution >= 4 is 34.4 Å². The first-order chi connectivity index (χ1) is 16.1. The Labute approximate surface area is 195 Å². The summed E-state index contributed by atoms with van der Waals surface area (Å²) >= 11 is 0. The number of amides is 2. The topological polar surface area (TPSA) is 52.7 Å². The van der Waals surface area contributed by atoms with Crippen LogP contribution in [0.15, 0.2) is 78.5 Å². The first-order valence-corrected chi connectivity index (χ1v) is 10.5. The van der Waals surface area contributed by atoms with Gasteiger partial charge >= 0.3 is 6.18 Å². The molecule has 1 heterocycles. The van der Waals surface area contributed by atoms with E-state index in [2.05, 4.69) is 5.32 Å². The zero-order valence-electron chi connectivity index (χ0n) is 18.8. The van der Waals surface area contributed by atoms with Crippen molar-refractivity contribution < 1.29 is 22.8 Å². The Balaban J connectivity index is 1.75. The first-order valence-electron chi connectivity index (χ1n) is 10.5. The number of benzene rings is 3. The Morgan fingerprint density at radius 2 is 1.38 bits per heavy atom. The fraction of sp³-hybridized carbons (Fsp3) is 0.154. The molecule has 0 bridgehead atoms. The second-order valence-electron chi connectivity index (χ2n) is 8.17. The number of nitrogens with zero attached hydrogens (tertiary/aromatic N) is 2. The van der Waals surface area contributed by atoms with Crippen LogP contribution < -0.4 is 15.1 Å². The number of carbonyl (C=O) groups is 2. The largest absolute Gasteiger partial charge is 0.416 e. The van der Waals surface area contributed by atoms with Crippen molar-refractivity contribution in [1.29, 1.82) is 0 Å². The highest BCUT2D eigenvalue weighted by Crippen LogP contribution is 2.36. The smallest absolute Gasteiger partial charge is 0.378 e. The van der Waals surface area contributed by atoms with Crippen molar-refractivity contribution in [2.24, 2.45) is 0 Å². The zero-order chi connectivity index (χ0) is 24.6. The molecule has 1 N–H and O–H groups in total. The predicted octanol–water partition coefficient (Wildman–Crippen LogP) is 5.48. The van der Waals surface area contributed by atoms with E-state index in [9.17, 15) is 22.8 Å². The highest BCUT2D eigenvalue weighted by molar-refractivity contribution is 6.46. The summed E-state index contributed by atoms with van der Waals surface area (Å²) in [7, 11) is 3.81. The minimum atomic E-state index is -4.52. The Morgan fingerprint density at radius 1 is 0.794 bits per heavy atom. The van der Waals surface area contributed by atoms with Crippen molar-refractivity contribution in [3.05, 3.63) is 95.2 Å². The molecule has 5 nitrogen and oxygen atoms in total. The SMILES string of the molecule is Cc1ccc(C2=C(Nc3ccc(N(C)C)cc3)C(=O)N(c3ccc(C(F)(F)F)cc3)C2=O)cc1. The van der Waals surface area contributed by atoms with Crippen LogP contribution in [-0.4, -0.2) is 25.9 Å². The lowest BCUT2D eigenvalue weighted by molar-refractivity contribution is -0.137. The third-order valence-electron chi connectivity index (χ3n) is 5.53. The predicted molar refractivity (Wildman–Crippen MR) is 126 cm³/mol. The number of carbonyl (C=O) groups excluding carboxylic acids is 2. The van der Waals surface area contributed by atoms with Crippen molar-refractivity contribution in [3.63, 3.8) is 0 Å². The van der Waals surface area contributed by atoms with Gasteiger partial charge in [-0.05, 0) is 61.0 Å². The highest BCUT2D eigenvalue weighted by Gasteiger charge is 2.40. The van der Waals surface area contributed by atoms with Gasteiger partial charge in [0.25, 0.3) is 11.8 Å². The average Bonchev–Trinajstić information content (AvgIpc) is 3.03. The molecule has 0 saturated carbocycles. The first kappa shape index (κ1) is 23.1. The van der Waals surface area contributed by atoms with Crippen LogP contribution in [0.1, 0.15) is 16.7 Å². The molecule has 8 heteroatoms. The van der Waals surface area contributed by atoms with E-state index in [4.69, 9.17) is 0 Å². The molecule has 3 aromatic carbocycles. The summed E-state index contributed by atoms with van der Waals surface area (Å²) in [5, 5.41) is 3.05. The van der Waals surface area contributed by atoms with E-state index in [1.165, 1.54) is 0 Å². The second-order valence-corrected chi connectivity index (χ2v) is 8.17. The minimum Gasteiger partial charge on any atom is -0.378 e. The molecule has 0 saturated heterocycles. The molecule has 174 valence electrons. The van der Waals surface area contributed by atoms with Gasteiger partial charge in [0.05, 0.1) is 16.8 Å². The standard InChI is InChI=1S/C26H22F3N3O2/c1-16-4-6-17(7-5-16)22-23(30-19-10-14-20(15-11-19)31(2)3)25(34)32(24(22)33)21-12-8-18(9-13-21)26(27,28)29/h4-15,30H,1-3H3.